The number of benzene rings is 4. The molecule has 0 unspecified atom stereocenters. The summed E-state index contributed by atoms with van der Waals surface area (Å²) in [5.74, 6) is -1.46. The van der Waals surface area contributed by atoms with Crippen LogP contribution in [0.3, 0.4) is 0 Å². The maximum Gasteiger partial charge on any atom is 0.243 e. The lowest BCUT2D eigenvalue weighted by Gasteiger charge is -2.41. The van der Waals surface area contributed by atoms with Gasteiger partial charge in [0.05, 0.1) is 12.1 Å². The number of carbonyl (C=O) groups excluding carboxylic acids is 5. The first-order valence-electron chi connectivity index (χ1n) is 21.2. The number of nitrogens with one attached hydrogen (secondary N) is 2. The summed E-state index contributed by atoms with van der Waals surface area (Å²) < 4.78 is 0. The van der Waals surface area contributed by atoms with Gasteiger partial charge in [-0.05, 0) is 90.7 Å². The highest BCUT2D eigenvalue weighted by Gasteiger charge is 2.42. The second kappa shape index (κ2) is 17.8. The van der Waals surface area contributed by atoms with E-state index in [2.05, 4.69) is 39.8 Å². The molecule has 0 aromatic heterocycles. The number of hydrogen-bond donors (Lipinski definition) is 3. The molecule has 4 aromatic rings. The minimum absolute atomic E-state index is 0.0560. The van der Waals surface area contributed by atoms with E-state index in [1.807, 2.05) is 91.8 Å². The fraction of sp³-hybridized carbons (Fsp3) is 0.396. The van der Waals surface area contributed by atoms with E-state index in [1.165, 1.54) is 11.1 Å². The fourth-order valence-corrected chi connectivity index (χ4v) is 9.58. The molecule has 0 radical (unpaired) electrons. The van der Waals surface area contributed by atoms with Crippen LogP contribution in [0.1, 0.15) is 63.8 Å². The number of primary amides is 1. The number of hydrogen-bond acceptors (Lipinski definition) is 7. The molecule has 12 heteroatoms. The molecule has 4 aliphatic heterocycles. The van der Waals surface area contributed by atoms with Crippen molar-refractivity contribution in [3.05, 3.63) is 142 Å². The largest absolute Gasteiger partial charge is 0.368 e. The van der Waals surface area contributed by atoms with E-state index in [-0.39, 0.29) is 30.2 Å². The molecule has 0 fully saturated rings. The Morgan fingerprint density at radius 1 is 0.533 bits per heavy atom. The van der Waals surface area contributed by atoms with Crippen LogP contribution in [0.4, 0.5) is 0 Å². The summed E-state index contributed by atoms with van der Waals surface area (Å²) >= 11 is 0. The van der Waals surface area contributed by atoms with Crippen molar-refractivity contribution < 1.29 is 24.0 Å². The fourth-order valence-electron chi connectivity index (χ4n) is 9.58. The number of fused-ring (bicyclic) bond motifs is 4. The minimum Gasteiger partial charge on any atom is -0.368 e. The number of carbonyl (C=O) groups is 5. The third kappa shape index (κ3) is 8.57. The van der Waals surface area contributed by atoms with Crippen molar-refractivity contribution in [3.63, 3.8) is 0 Å². The Labute approximate surface area is 352 Å². The smallest absolute Gasteiger partial charge is 0.243 e. The molecule has 312 valence electrons. The molecule has 60 heavy (non-hydrogen) atoms. The molecule has 4 aromatic carbocycles. The van der Waals surface area contributed by atoms with Crippen molar-refractivity contribution in [2.45, 2.75) is 101 Å². The standard InChI is InChI=1S/C48H55N7O5/c1-52-27-35-17-7-3-15-33(35)25-42(52)47(59)54-29-37-19-9-5-13-31(37)23-40(54)45(57)50-22-12-11-21-39(44(49)56)51-46(58)41-24-32-14-6-10-20-38(32)30-55(41)48(60)43-26-34-16-4-8-18-36(34)28-53(43)2/h3-10,13-20,39-43H,11-12,21-30H2,1-2H3,(H2,49,56)(H,50,57)(H,51,58)/t39-,40-,41-,42-,43-/m0/s1. The molecule has 4 heterocycles. The Hall–Kier alpha value is -5.85. The highest BCUT2D eigenvalue weighted by Crippen LogP contribution is 2.30. The summed E-state index contributed by atoms with van der Waals surface area (Å²) in [4.78, 5) is 76.9. The molecule has 4 N–H and O–H groups in total. The van der Waals surface area contributed by atoms with E-state index >= 15 is 0 Å². The van der Waals surface area contributed by atoms with Gasteiger partial charge >= 0.3 is 0 Å². The van der Waals surface area contributed by atoms with E-state index in [0.717, 1.165) is 33.4 Å². The lowest BCUT2D eigenvalue weighted by molar-refractivity contribution is -0.146. The molecule has 4 aliphatic rings. The molecule has 5 amide bonds. The first-order valence-corrected chi connectivity index (χ1v) is 21.2. The van der Waals surface area contributed by atoms with Crippen molar-refractivity contribution in [2.24, 2.45) is 5.73 Å². The number of amides is 5. The van der Waals surface area contributed by atoms with E-state index in [9.17, 15) is 24.0 Å². The summed E-state index contributed by atoms with van der Waals surface area (Å²) in [5, 5.41) is 5.96. The molecule has 8 rings (SSSR count). The van der Waals surface area contributed by atoms with Crippen LogP contribution in [0.2, 0.25) is 0 Å². The zero-order chi connectivity index (χ0) is 41.9. The second-order valence-corrected chi connectivity index (χ2v) is 17.0. The van der Waals surface area contributed by atoms with Gasteiger partial charge in [-0.3, -0.25) is 33.8 Å². The third-order valence-electron chi connectivity index (χ3n) is 13.1. The van der Waals surface area contributed by atoms with Crippen LogP contribution >= 0.6 is 0 Å². The number of unbranched alkanes of at least 4 members (excludes halogenated alkanes) is 1. The summed E-state index contributed by atoms with van der Waals surface area (Å²) in [6.07, 6.45) is 3.19. The van der Waals surface area contributed by atoms with Gasteiger partial charge in [0.25, 0.3) is 0 Å². The van der Waals surface area contributed by atoms with Gasteiger partial charge in [0.2, 0.25) is 29.5 Å². The first-order chi connectivity index (χ1) is 29.0. The number of likely N-dealkylation sites (N-methyl/N-ethyl adjacent to an activating group) is 2. The van der Waals surface area contributed by atoms with Gasteiger partial charge in [-0.15, -0.1) is 0 Å². The summed E-state index contributed by atoms with van der Waals surface area (Å²) in [5.41, 5.74) is 14.6. The van der Waals surface area contributed by atoms with Gasteiger partial charge in [0.15, 0.2) is 0 Å². The average molecular weight is 810 g/mol. The maximum atomic E-state index is 14.3. The van der Waals surface area contributed by atoms with E-state index < -0.39 is 36.0 Å². The number of rotatable bonds is 11. The zero-order valence-electron chi connectivity index (χ0n) is 34.5. The lowest BCUT2D eigenvalue weighted by atomic mass is 9.90. The van der Waals surface area contributed by atoms with Gasteiger partial charge < -0.3 is 26.2 Å². The summed E-state index contributed by atoms with van der Waals surface area (Å²) in [7, 11) is 3.91. The maximum absolute atomic E-state index is 14.3. The molecular weight excluding hydrogens is 755 g/mol. The Morgan fingerprint density at radius 2 is 0.900 bits per heavy atom. The highest BCUT2D eigenvalue weighted by molar-refractivity contribution is 5.94. The lowest BCUT2D eigenvalue weighted by Crippen LogP contribution is -2.60. The molecule has 5 atom stereocenters. The predicted octanol–water partition coefficient (Wildman–Crippen LogP) is 3.26. The molecule has 0 spiro atoms. The Morgan fingerprint density at radius 3 is 1.32 bits per heavy atom. The van der Waals surface area contributed by atoms with Gasteiger partial charge in [0.1, 0.15) is 18.1 Å². The Bertz CT molecular complexity index is 2280. The van der Waals surface area contributed by atoms with Crippen molar-refractivity contribution >= 4 is 29.5 Å². The summed E-state index contributed by atoms with van der Waals surface area (Å²) in [6.45, 7) is 2.28. The summed E-state index contributed by atoms with van der Waals surface area (Å²) in [6, 6.07) is 28.9. The Kier molecular flexibility index (Phi) is 12.1. The molecule has 0 saturated carbocycles. The topological polar surface area (TPSA) is 148 Å². The van der Waals surface area contributed by atoms with E-state index in [0.29, 0.717) is 71.2 Å². The molecule has 0 bridgehead atoms. The number of nitrogens with two attached hydrogens (primary N) is 1. The quantitative estimate of drug-likeness (QED) is 0.197. The first kappa shape index (κ1) is 40.9. The van der Waals surface area contributed by atoms with Gasteiger partial charge in [-0.2, -0.15) is 0 Å². The van der Waals surface area contributed by atoms with Crippen LogP contribution in [0.5, 0.6) is 0 Å². The second-order valence-electron chi connectivity index (χ2n) is 17.0. The molecule has 0 saturated heterocycles. The van der Waals surface area contributed by atoms with Crippen molar-refractivity contribution in [1.29, 1.82) is 0 Å². The van der Waals surface area contributed by atoms with Crippen LogP contribution in [0.15, 0.2) is 97.1 Å². The third-order valence-corrected chi connectivity index (χ3v) is 13.1. The van der Waals surface area contributed by atoms with Crippen molar-refractivity contribution in [3.8, 4) is 0 Å². The minimum atomic E-state index is -0.952. The van der Waals surface area contributed by atoms with E-state index in [1.54, 1.807) is 9.80 Å². The van der Waals surface area contributed by atoms with Gasteiger partial charge in [-0.1, -0.05) is 97.1 Å². The van der Waals surface area contributed by atoms with Gasteiger partial charge in [0, 0.05) is 45.6 Å². The Balaban J connectivity index is 0.887. The monoisotopic (exact) mass is 809 g/mol. The van der Waals surface area contributed by atoms with Crippen molar-refractivity contribution in [1.82, 2.24) is 30.2 Å². The van der Waals surface area contributed by atoms with Crippen LogP contribution in [-0.4, -0.2) is 100.0 Å². The van der Waals surface area contributed by atoms with Gasteiger partial charge in [-0.25, -0.2) is 0 Å². The zero-order valence-corrected chi connectivity index (χ0v) is 34.5. The van der Waals surface area contributed by atoms with Crippen LogP contribution in [0.25, 0.3) is 0 Å². The van der Waals surface area contributed by atoms with Crippen LogP contribution in [0, 0.1) is 0 Å². The normalized spacial score (nSPS) is 21.7. The molecule has 0 aliphatic carbocycles. The SMILES string of the molecule is CN1Cc2ccccc2C[C@H]1C(=O)N1Cc2ccccc2C[C@H]1C(=O)NCCCC[C@H](NC(=O)[C@@H]1Cc2ccccc2CN1C(=O)[C@@H]1Cc2ccccc2CN1C)C(N)=O. The molecular formula is C48H55N7O5. The highest BCUT2D eigenvalue weighted by atomic mass is 16.2. The average Bonchev–Trinajstić information content (AvgIpc) is 3.26. The molecule has 12 nitrogen and oxygen atoms in total. The van der Waals surface area contributed by atoms with Crippen molar-refractivity contribution in [2.75, 3.05) is 20.6 Å². The van der Waals surface area contributed by atoms with Crippen LogP contribution in [-0.2, 0) is 75.8 Å². The van der Waals surface area contributed by atoms with E-state index in [4.69, 9.17) is 5.73 Å². The van der Waals surface area contributed by atoms with Crippen LogP contribution < -0.4 is 16.4 Å². The predicted molar refractivity (Wildman–Crippen MR) is 228 cm³/mol. The number of nitrogens with zero attached hydrogens (tertiary/aromatic N) is 4.